The normalized spacial score (nSPS) is 22.7. The third-order valence-corrected chi connectivity index (χ3v) is 5.80. The van der Waals surface area contributed by atoms with Crippen LogP contribution in [0.15, 0.2) is 54.1 Å². The molecule has 2 atom stereocenters. The summed E-state index contributed by atoms with van der Waals surface area (Å²) in [5, 5.41) is 11.2. The average molecular weight is 436 g/mol. The van der Waals surface area contributed by atoms with Gasteiger partial charge in [0.15, 0.2) is 0 Å². The number of benzene rings is 2. The van der Waals surface area contributed by atoms with Gasteiger partial charge >= 0.3 is 0 Å². The first-order chi connectivity index (χ1) is 15.3. The summed E-state index contributed by atoms with van der Waals surface area (Å²) < 4.78 is 11.5. The zero-order chi connectivity index (χ0) is 22.8. The van der Waals surface area contributed by atoms with E-state index in [2.05, 4.69) is 0 Å². The van der Waals surface area contributed by atoms with Crippen LogP contribution in [0.2, 0.25) is 0 Å². The lowest BCUT2D eigenvalue weighted by Gasteiger charge is -2.27. The van der Waals surface area contributed by atoms with E-state index < -0.39 is 17.7 Å². The number of carbonyl (C=O) groups excluding carboxylic acids is 2. The quantitative estimate of drug-likeness (QED) is 0.414. The molecule has 4 rings (SSSR count). The maximum atomic E-state index is 13.2. The number of ether oxygens (including phenoxy) is 2. The molecule has 2 saturated heterocycles. The van der Waals surface area contributed by atoms with Crippen LogP contribution in [0.25, 0.3) is 5.76 Å². The van der Waals surface area contributed by atoms with Crippen molar-refractivity contribution in [2.24, 2.45) is 0 Å². The molecule has 0 saturated carbocycles. The molecule has 6 heteroatoms. The molecule has 2 aliphatic heterocycles. The van der Waals surface area contributed by atoms with E-state index in [9.17, 15) is 14.7 Å². The fourth-order valence-corrected chi connectivity index (χ4v) is 4.41. The summed E-state index contributed by atoms with van der Waals surface area (Å²) in [4.78, 5) is 27.8. The molecule has 2 unspecified atom stereocenters. The Hall–Kier alpha value is -3.12. The van der Waals surface area contributed by atoms with E-state index in [1.165, 1.54) is 0 Å². The molecular formula is C26H29NO5. The van der Waals surface area contributed by atoms with Gasteiger partial charge in [-0.25, -0.2) is 0 Å². The molecule has 0 bridgehead atoms. The third kappa shape index (κ3) is 4.41. The van der Waals surface area contributed by atoms with Crippen molar-refractivity contribution < 1.29 is 24.2 Å². The molecule has 2 heterocycles. The van der Waals surface area contributed by atoms with E-state index in [1.807, 2.05) is 45.0 Å². The van der Waals surface area contributed by atoms with Crippen LogP contribution < -0.4 is 4.74 Å². The second kappa shape index (κ2) is 9.17. The lowest BCUT2D eigenvalue weighted by Crippen LogP contribution is -2.36. The van der Waals surface area contributed by atoms with Gasteiger partial charge in [-0.15, -0.1) is 0 Å². The van der Waals surface area contributed by atoms with E-state index in [0.29, 0.717) is 24.5 Å². The maximum Gasteiger partial charge on any atom is 0.295 e. The van der Waals surface area contributed by atoms with Crippen molar-refractivity contribution in [3.8, 4) is 5.75 Å². The first kappa shape index (κ1) is 22.1. The predicted octanol–water partition coefficient (Wildman–Crippen LogP) is 4.38. The van der Waals surface area contributed by atoms with E-state index in [-0.39, 0.29) is 23.5 Å². The number of Topliss-reactive ketones (excluding diaryl/α,β-unsaturated/α-hetero) is 1. The predicted molar refractivity (Wildman–Crippen MR) is 121 cm³/mol. The summed E-state index contributed by atoms with van der Waals surface area (Å²) >= 11 is 0. The maximum absolute atomic E-state index is 13.2. The number of ketones is 1. The number of aryl methyl sites for hydroxylation is 1. The van der Waals surface area contributed by atoms with Crippen LogP contribution in [0.3, 0.4) is 0 Å². The first-order valence-corrected chi connectivity index (χ1v) is 11.1. The van der Waals surface area contributed by atoms with Gasteiger partial charge in [-0.2, -0.15) is 0 Å². The van der Waals surface area contributed by atoms with Gasteiger partial charge < -0.3 is 19.5 Å². The minimum atomic E-state index is -0.679. The topological polar surface area (TPSA) is 76.1 Å². The number of rotatable bonds is 6. The number of aliphatic hydroxyl groups excluding tert-OH is 1. The molecule has 0 radical (unpaired) electrons. The molecule has 0 aliphatic carbocycles. The number of hydrogen-bond donors (Lipinski definition) is 1. The van der Waals surface area contributed by atoms with Gasteiger partial charge in [0.25, 0.3) is 11.7 Å². The third-order valence-electron chi connectivity index (χ3n) is 5.80. The Morgan fingerprint density at radius 3 is 2.66 bits per heavy atom. The average Bonchev–Trinajstić information content (AvgIpc) is 3.35. The van der Waals surface area contributed by atoms with Crippen molar-refractivity contribution in [3.63, 3.8) is 0 Å². The van der Waals surface area contributed by atoms with Crippen LogP contribution in [0, 0.1) is 6.92 Å². The van der Waals surface area contributed by atoms with Gasteiger partial charge in [0.05, 0.1) is 23.8 Å². The molecular weight excluding hydrogens is 406 g/mol. The van der Waals surface area contributed by atoms with Gasteiger partial charge in [0, 0.05) is 18.7 Å². The van der Waals surface area contributed by atoms with Gasteiger partial charge in [-0.05, 0) is 51.3 Å². The van der Waals surface area contributed by atoms with Crippen LogP contribution in [-0.4, -0.2) is 47.1 Å². The number of hydrogen-bond acceptors (Lipinski definition) is 5. The Morgan fingerprint density at radius 2 is 1.97 bits per heavy atom. The number of amides is 1. The molecule has 6 nitrogen and oxygen atoms in total. The van der Waals surface area contributed by atoms with Crippen molar-refractivity contribution >= 4 is 17.4 Å². The lowest BCUT2D eigenvalue weighted by molar-refractivity contribution is -0.140. The van der Waals surface area contributed by atoms with Crippen molar-refractivity contribution in [3.05, 3.63) is 70.8 Å². The highest BCUT2D eigenvalue weighted by Gasteiger charge is 2.47. The Balaban J connectivity index is 1.80. The highest BCUT2D eigenvalue weighted by atomic mass is 16.5. The van der Waals surface area contributed by atoms with Crippen molar-refractivity contribution in [2.45, 2.75) is 51.9 Å². The molecule has 1 amide bonds. The second-order valence-electron chi connectivity index (χ2n) is 8.70. The molecule has 2 fully saturated rings. The first-order valence-electron chi connectivity index (χ1n) is 11.1. The summed E-state index contributed by atoms with van der Waals surface area (Å²) in [6.45, 7) is 6.77. The lowest BCUT2D eigenvalue weighted by atomic mass is 9.94. The van der Waals surface area contributed by atoms with Gasteiger partial charge in [-0.3, -0.25) is 9.59 Å². The molecule has 0 spiro atoms. The Labute approximate surface area is 188 Å². The fourth-order valence-electron chi connectivity index (χ4n) is 4.41. The highest BCUT2D eigenvalue weighted by molar-refractivity contribution is 6.46. The highest BCUT2D eigenvalue weighted by Crippen LogP contribution is 2.40. The zero-order valence-corrected chi connectivity index (χ0v) is 18.7. The Bertz CT molecular complexity index is 1050. The molecule has 2 aliphatic rings. The summed E-state index contributed by atoms with van der Waals surface area (Å²) in [6.07, 6.45) is 1.64. The van der Waals surface area contributed by atoms with E-state index in [1.54, 1.807) is 29.2 Å². The fraction of sp³-hybridized carbons (Fsp3) is 0.385. The minimum absolute atomic E-state index is 0.0309. The summed E-state index contributed by atoms with van der Waals surface area (Å²) in [7, 11) is 0. The largest absolute Gasteiger partial charge is 0.507 e. The van der Waals surface area contributed by atoms with Gasteiger partial charge in [0.1, 0.15) is 11.5 Å². The molecule has 2 aromatic rings. The second-order valence-corrected chi connectivity index (χ2v) is 8.70. The van der Waals surface area contributed by atoms with Crippen molar-refractivity contribution in [1.82, 2.24) is 4.90 Å². The van der Waals surface area contributed by atoms with Crippen molar-refractivity contribution in [1.29, 1.82) is 0 Å². The summed E-state index contributed by atoms with van der Waals surface area (Å²) in [6, 6.07) is 14.0. The SMILES string of the molecule is Cc1cccc(C2/C(=C(/O)c3cccc(OC(C)C)c3)C(=O)C(=O)N2CC2CCCO2)c1. The molecule has 0 aromatic heterocycles. The van der Waals surface area contributed by atoms with Crippen LogP contribution in [-0.2, 0) is 14.3 Å². The standard InChI is InChI=1S/C26H29NO5/c1-16(2)32-20-10-5-9-19(14-20)24(28)22-23(18-8-4-7-17(3)13-18)27(26(30)25(22)29)15-21-11-6-12-31-21/h4-5,7-10,13-14,16,21,23,28H,6,11-12,15H2,1-3H3/b24-22-. The minimum Gasteiger partial charge on any atom is -0.507 e. The number of aliphatic hydroxyl groups is 1. The van der Waals surface area contributed by atoms with E-state index >= 15 is 0 Å². The monoisotopic (exact) mass is 435 g/mol. The van der Waals surface area contributed by atoms with E-state index in [4.69, 9.17) is 9.47 Å². The Morgan fingerprint density at radius 1 is 1.19 bits per heavy atom. The van der Waals surface area contributed by atoms with Crippen molar-refractivity contribution in [2.75, 3.05) is 13.2 Å². The molecule has 168 valence electrons. The van der Waals surface area contributed by atoms with E-state index in [0.717, 1.165) is 24.0 Å². The van der Waals surface area contributed by atoms with Crippen LogP contribution in [0.1, 0.15) is 49.4 Å². The number of carbonyl (C=O) groups is 2. The molecule has 1 N–H and O–H groups in total. The smallest absolute Gasteiger partial charge is 0.295 e. The number of nitrogens with zero attached hydrogens (tertiary/aromatic N) is 1. The summed E-state index contributed by atoms with van der Waals surface area (Å²) in [5.41, 5.74) is 2.34. The summed E-state index contributed by atoms with van der Waals surface area (Å²) in [5.74, 6) is -0.894. The zero-order valence-electron chi connectivity index (χ0n) is 18.7. The Kier molecular flexibility index (Phi) is 6.33. The van der Waals surface area contributed by atoms with Crippen LogP contribution >= 0.6 is 0 Å². The molecule has 32 heavy (non-hydrogen) atoms. The van der Waals surface area contributed by atoms with Crippen LogP contribution in [0.4, 0.5) is 0 Å². The molecule has 2 aromatic carbocycles. The van der Waals surface area contributed by atoms with Gasteiger partial charge in [0.2, 0.25) is 0 Å². The number of likely N-dealkylation sites (tertiary alicyclic amines) is 1. The van der Waals surface area contributed by atoms with Gasteiger partial charge in [-0.1, -0.05) is 42.0 Å². The van der Waals surface area contributed by atoms with Crippen LogP contribution in [0.5, 0.6) is 5.75 Å².